The molecular formula is C16H19ClN2O. The molecule has 0 unspecified atom stereocenters. The first kappa shape index (κ1) is 13.5. The van der Waals surface area contributed by atoms with E-state index < -0.39 is 0 Å². The minimum absolute atomic E-state index is 0.792. The zero-order chi connectivity index (χ0) is 13.9. The van der Waals surface area contributed by atoms with E-state index in [1.54, 1.807) is 0 Å². The quantitative estimate of drug-likeness (QED) is 0.862. The Morgan fingerprint density at radius 1 is 1.00 bits per heavy atom. The lowest BCUT2D eigenvalue weighted by Gasteiger charge is -2.35. The molecule has 3 rings (SSSR count). The van der Waals surface area contributed by atoms with E-state index in [0.717, 1.165) is 49.3 Å². The minimum Gasteiger partial charge on any atom is -0.465 e. The van der Waals surface area contributed by atoms with Gasteiger partial charge in [-0.3, -0.25) is 4.90 Å². The highest BCUT2D eigenvalue weighted by molar-refractivity contribution is 6.30. The Morgan fingerprint density at radius 3 is 2.30 bits per heavy atom. The van der Waals surface area contributed by atoms with Crippen molar-refractivity contribution in [2.45, 2.75) is 13.5 Å². The molecule has 0 atom stereocenters. The standard InChI is InChI=1S/C16H19ClN2O/c1-13-2-7-16(20-13)12-18-8-10-19(11-9-18)15-5-3-14(17)4-6-15/h2-7H,8-12H2,1H3. The molecule has 4 heteroatoms. The van der Waals surface area contributed by atoms with Gasteiger partial charge >= 0.3 is 0 Å². The van der Waals surface area contributed by atoms with Gasteiger partial charge in [0.1, 0.15) is 11.5 Å². The molecule has 0 saturated carbocycles. The Morgan fingerprint density at radius 2 is 1.70 bits per heavy atom. The van der Waals surface area contributed by atoms with Gasteiger partial charge < -0.3 is 9.32 Å². The van der Waals surface area contributed by atoms with Crippen LogP contribution in [0.5, 0.6) is 0 Å². The highest BCUT2D eigenvalue weighted by Crippen LogP contribution is 2.20. The summed E-state index contributed by atoms with van der Waals surface area (Å²) >= 11 is 5.93. The third-order valence-corrected chi connectivity index (χ3v) is 3.99. The van der Waals surface area contributed by atoms with Gasteiger partial charge in [0.05, 0.1) is 6.54 Å². The van der Waals surface area contributed by atoms with E-state index in [1.165, 1.54) is 5.69 Å². The Balaban J connectivity index is 1.55. The summed E-state index contributed by atoms with van der Waals surface area (Å²) in [5, 5.41) is 0.792. The normalized spacial score (nSPS) is 16.6. The Labute approximate surface area is 124 Å². The molecule has 106 valence electrons. The third-order valence-electron chi connectivity index (χ3n) is 3.74. The molecule has 1 saturated heterocycles. The summed E-state index contributed by atoms with van der Waals surface area (Å²) in [5.41, 5.74) is 1.25. The number of furan rings is 1. The summed E-state index contributed by atoms with van der Waals surface area (Å²) in [6.45, 7) is 7.09. The topological polar surface area (TPSA) is 19.6 Å². The fourth-order valence-electron chi connectivity index (χ4n) is 2.61. The highest BCUT2D eigenvalue weighted by Gasteiger charge is 2.18. The highest BCUT2D eigenvalue weighted by atomic mass is 35.5. The van der Waals surface area contributed by atoms with Crippen molar-refractivity contribution in [3.05, 3.63) is 52.9 Å². The fraction of sp³-hybridized carbons (Fsp3) is 0.375. The van der Waals surface area contributed by atoms with Gasteiger partial charge in [0.15, 0.2) is 0 Å². The second-order valence-electron chi connectivity index (χ2n) is 5.25. The lowest BCUT2D eigenvalue weighted by molar-refractivity contribution is 0.229. The molecule has 3 nitrogen and oxygen atoms in total. The summed E-state index contributed by atoms with van der Waals surface area (Å²) in [7, 11) is 0. The van der Waals surface area contributed by atoms with Crippen molar-refractivity contribution in [2.75, 3.05) is 31.1 Å². The van der Waals surface area contributed by atoms with Crippen molar-refractivity contribution in [3.8, 4) is 0 Å². The molecule has 2 heterocycles. The van der Waals surface area contributed by atoms with E-state index in [4.69, 9.17) is 16.0 Å². The monoisotopic (exact) mass is 290 g/mol. The number of halogens is 1. The fourth-order valence-corrected chi connectivity index (χ4v) is 2.73. The van der Waals surface area contributed by atoms with E-state index in [-0.39, 0.29) is 0 Å². The van der Waals surface area contributed by atoms with Crippen molar-refractivity contribution in [1.29, 1.82) is 0 Å². The molecule has 0 amide bonds. The molecule has 1 aromatic heterocycles. The van der Waals surface area contributed by atoms with Crippen LogP contribution in [0.4, 0.5) is 5.69 Å². The van der Waals surface area contributed by atoms with E-state index in [1.807, 2.05) is 25.1 Å². The maximum absolute atomic E-state index is 5.93. The largest absolute Gasteiger partial charge is 0.465 e. The second-order valence-corrected chi connectivity index (χ2v) is 5.69. The van der Waals surface area contributed by atoms with Crippen LogP contribution < -0.4 is 4.90 Å². The van der Waals surface area contributed by atoms with Gasteiger partial charge in [-0.2, -0.15) is 0 Å². The summed E-state index contributed by atoms with van der Waals surface area (Å²) in [6, 6.07) is 12.2. The zero-order valence-electron chi connectivity index (χ0n) is 11.7. The van der Waals surface area contributed by atoms with E-state index in [9.17, 15) is 0 Å². The molecule has 1 aliphatic rings. The number of hydrogen-bond acceptors (Lipinski definition) is 3. The Kier molecular flexibility index (Phi) is 3.99. The number of aryl methyl sites for hydroxylation is 1. The van der Waals surface area contributed by atoms with E-state index >= 15 is 0 Å². The van der Waals surface area contributed by atoms with Crippen molar-refractivity contribution in [3.63, 3.8) is 0 Å². The summed E-state index contributed by atoms with van der Waals surface area (Å²) in [4.78, 5) is 4.84. The number of piperazine rings is 1. The lowest BCUT2D eigenvalue weighted by Crippen LogP contribution is -2.45. The minimum atomic E-state index is 0.792. The lowest BCUT2D eigenvalue weighted by atomic mass is 10.2. The molecule has 0 spiro atoms. The van der Waals surface area contributed by atoms with Crippen LogP contribution in [0.15, 0.2) is 40.8 Å². The molecular weight excluding hydrogens is 272 g/mol. The maximum Gasteiger partial charge on any atom is 0.118 e. The molecule has 1 fully saturated rings. The Bertz CT molecular complexity index is 556. The maximum atomic E-state index is 5.93. The summed E-state index contributed by atoms with van der Waals surface area (Å²) in [5.74, 6) is 2.04. The van der Waals surface area contributed by atoms with Crippen LogP contribution in [0.3, 0.4) is 0 Å². The van der Waals surface area contributed by atoms with Crippen LogP contribution in [0, 0.1) is 6.92 Å². The molecule has 0 radical (unpaired) electrons. The van der Waals surface area contributed by atoms with E-state index in [2.05, 4.69) is 28.0 Å². The average molecular weight is 291 g/mol. The first-order chi connectivity index (χ1) is 9.70. The van der Waals surface area contributed by atoms with Gasteiger partial charge in [-0.25, -0.2) is 0 Å². The van der Waals surface area contributed by atoms with Crippen LogP contribution in [0.1, 0.15) is 11.5 Å². The van der Waals surface area contributed by atoms with Crippen molar-refractivity contribution in [2.24, 2.45) is 0 Å². The number of hydrogen-bond donors (Lipinski definition) is 0. The molecule has 2 aromatic rings. The SMILES string of the molecule is Cc1ccc(CN2CCN(c3ccc(Cl)cc3)CC2)o1. The Hall–Kier alpha value is -1.45. The zero-order valence-corrected chi connectivity index (χ0v) is 12.4. The smallest absolute Gasteiger partial charge is 0.118 e. The predicted molar refractivity (Wildman–Crippen MR) is 82.4 cm³/mol. The molecule has 1 aliphatic heterocycles. The molecule has 1 aromatic carbocycles. The van der Waals surface area contributed by atoms with Gasteiger partial charge in [-0.15, -0.1) is 0 Å². The number of nitrogens with zero attached hydrogens (tertiary/aromatic N) is 2. The van der Waals surface area contributed by atoms with Gasteiger partial charge in [0.2, 0.25) is 0 Å². The van der Waals surface area contributed by atoms with E-state index in [0.29, 0.717) is 0 Å². The van der Waals surface area contributed by atoms with Crippen molar-refractivity contribution in [1.82, 2.24) is 4.90 Å². The van der Waals surface area contributed by atoms with Gasteiger partial charge in [0.25, 0.3) is 0 Å². The first-order valence-corrected chi connectivity index (χ1v) is 7.37. The van der Waals surface area contributed by atoms with Gasteiger partial charge in [-0.05, 0) is 43.3 Å². The van der Waals surface area contributed by atoms with Gasteiger partial charge in [0, 0.05) is 36.9 Å². The molecule has 20 heavy (non-hydrogen) atoms. The summed E-state index contributed by atoms with van der Waals surface area (Å²) < 4.78 is 5.64. The summed E-state index contributed by atoms with van der Waals surface area (Å²) in [6.07, 6.45) is 0. The van der Waals surface area contributed by atoms with Crippen molar-refractivity contribution < 1.29 is 4.42 Å². The molecule has 0 bridgehead atoms. The average Bonchev–Trinajstić information content (AvgIpc) is 2.86. The van der Waals surface area contributed by atoms with Crippen LogP contribution in [0.25, 0.3) is 0 Å². The first-order valence-electron chi connectivity index (χ1n) is 6.99. The van der Waals surface area contributed by atoms with Crippen LogP contribution >= 0.6 is 11.6 Å². The van der Waals surface area contributed by atoms with Crippen LogP contribution in [0.2, 0.25) is 5.02 Å². The van der Waals surface area contributed by atoms with Gasteiger partial charge in [-0.1, -0.05) is 11.6 Å². The number of anilines is 1. The molecule has 0 aliphatic carbocycles. The number of rotatable bonds is 3. The number of benzene rings is 1. The van der Waals surface area contributed by atoms with Crippen LogP contribution in [-0.2, 0) is 6.54 Å². The predicted octanol–water partition coefficient (Wildman–Crippen LogP) is 3.56. The third kappa shape index (κ3) is 3.17. The van der Waals surface area contributed by atoms with Crippen LogP contribution in [-0.4, -0.2) is 31.1 Å². The molecule has 0 N–H and O–H groups in total. The van der Waals surface area contributed by atoms with Crippen molar-refractivity contribution >= 4 is 17.3 Å². The second kappa shape index (κ2) is 5.90.